The van der Waals surface area contributed by atoms with Crippen molar-refractivity contribution in [3.63, 3.8) is 0 Å². The smallest absolute Gasteiger partial charge is 0.175 e. The van der Waals surface area contributed by atoms with Crippen molar-refractivity contribution < 1.29 is 13.2 Å². The van der Waals surface area contributed by atoms with E-state index in [-0.39, 0.29) is 12.0 Å². The quantitative estimate of drug-likeness (QED) is 0.869. The minimum Gasteiger partial charge on any atom is -0.379 e. The first-order valence-electron chi connectivity index (χ1n) is 6.44. The van der Waals surface area contributed by atoms with E-state index in [1.165, 1.54) is 6.26 Å². The maximum absolute atomic E-state index is 11.6. The van der Waals surface area contributed by atoms with Gasteiger partial charge in [0, 0.05) is 12.3 Å². The standard InChI is InChI=1S/C13H17N3O3S/c1-14-12-7-19-6-9(12)13-15-10-4-3-8(20(2,17)18)5-11(10)16-13/h3-5,9,12,14H,6-7H2,1-2H3,(H,15,16). The van der Waals surface area contributed by atoms with Crippen LogP contribution in [-0.2, 0) is 14.6 Å². The summed E-state index contributed by atoms with van der Waals surface area (Å²) < 4.78 is 28.6. The van der Waals surface area contributed by atoms with Gasteiger partial charge in [-0.25, -0.2) is 13.4 Å². The number of hydrogen-bond donors (Lipinski definition) is 2. The van der Waals surface area contributed by atoms with Crippen LogP contribution < -0.4 is 5.32 Å². The number of imidazole rings is 1. The number of likely N-dealkylation sites (N-methyl/N-ethyl adjacent to an activating group) is 1. The first-order valence-corrected chi connectivity index (χ1v) is 8.33. The molecule has 7 heteroatoms. The summed E-state index contributed by atoms with van der Waals surface area (Å²) in [6.45, 7) is 1.27. The van der Waals surface area contributed by atoms with Gasteiger partial charge >= 0.3 is 0 Å². The van der Waals surface area contributed by atoms with Crippen molar-refractivity contribution in [3.05, 3.63) is 24.0 Å². The third-order valence-corrected chi connectivity index (χ3v) is 4.81. The van der Waals surface area contributed by atoms with E-state index in [1.807, 2.05) is 7.05 Å². The summed E-state index contributed by atoms with van der Waals surface area (Å²) in [5.74, 6) is 0.997. The Balaban J connectivity index is 2.03. The molecule has 2 N–H and O–H groups in total. The van der Waals surface area contributed by atoms with E-state index >= 15 is 0 Å². The highest BCUT2D eigenvalue weighted by atomic mass is 32.2. The number of nitrogens with one attached hydrogen (secondary N) is 2. The van der Waals surface area contributed by atoms with Gasteiger partial charge in [-0.2, -0.15) is 0 Å². The first-order chi connectivity index (χ1) is 9.49. The Morgan fingerprint density at radius 1 is 1.40 bits per heavy atom. The first kappa shape index (κ1) is 13.5. The highest BCUT2D eigenvalue weighted by molar-refractivity contribution is 7.90. The summed E-state index contributed by atoms with van der Waals surface area (Å²) >= 11 is 0. The van der Waals surface area contributed by atoms with E-state index in [0.29, 0.717) is 18.1 Å². The highest BCUT2D eigenvalue weighted by Gasteiger charge is 2.30. The third-order valence-electron chi connectivity index (χ3n) is 3.70. The van der Waals surface area contributed by atoms with Crippen LogP contribution in [0.4, 0.5) is 0 Å². The molecular formula is C13H17N3O3S. The topological polar surface area (TPSA) is 84.1 Å². The van der Waals surface area contributed by atoms with Crippen LogP contribution in [0.25, 0.3) is 11.0 Å². The van der Waals surface area contributed by atoms with Crippen molar-refractivity contribution in [2.45, 2.75) is 16.9 Å². The Morgan fingerprint density at radius 3 is 2.90 bits per heavy atom. The average molecular weight is 295 g/mol. The molecule has 1 aromatic heterocycles. The zero-order chi connectivity index (χ0) is 14.3. The molecule has 0 radical (unpaired) electrons. The molecule has 0 aliphatic carbocycles. The van der Waals surface area contributed by atoms with Crippen molar-refractivity contribution in [3.8, 4) is 0 Å². The van der Waals surface area contributed by atoms with Gasteiger partial charge in [-0.15, -0.1) is 0 Å². The number of ether oxygens (including phenoxy) is 1. The lowest BCUT2D eigenvalue weighted by Crippen LogP contribution is -2.31. The van der Waals surface area contributed by atoms with Gasteiger partial charge in [0.05, 0.1) is 35.1 Å². The van der Waals surface area contributed by atoms with Crippen LogP contribution in [0.2, 0.25) is 0 Å². The molecule has 0 spiro atoms. The molecule has 2 aromatic rings. The maximum Gasteiger partial charge on any atom is 0.175 e. The number of benzene rings is 1. The lowest BCUT2D eigenvalue weighted by atomic mass is 10.0. The summed E-state index contributed by atoms with van der Waals surface area (Å²) in [5.41, 5.74) is 1.51. The SMILES string of the molecule is CNC1COCC1c1nc2ccc(S(C)(=O)=O)cc2[nH]1. The zero-order valence-electron chi connectivity index (χ0n) is 11.4. The van der Waals surface area contributed by atoms with E-state index in [9.17, 15) is 8.42 Å². The molecule has 20 heavy (non-hydrogen) atoms. The Hall–Kier alpha value is -1.44. The van der Waals surface area contributed by atoms with Gasteiger partial charge in [0.2, 0.25) is 0 Å². The second-order valence-electron chi connectivity index (χ2n) is 5.11. The fourth-order valence-corrected chi connectivity index (χ4v) is 3.17. The number of sulfone groups is 1. The van der Waals surface area contributed by atoms with Crippen molar-refractivity contribution in [1.29, 1.82) is 0 Å². The van der Waals surface area contributed by atoms with E-state index in [1.54, 1.807) is 18.2 Å². The predicted octanol–water partition coefficient (Wildman–Crippen LogP) is 0.668. The van der Waals surface area contributed by atoms with Crippen LogP contribution in [0, 0.1) is 0 Å². The summed E-state index contributed by atoms with van der Waals surface area (Å²) in [6.07, 6.45) is 1.20. The normalized spacial score (nSPS) is 23.5. The van der Waals surface area contributed by atoms with Gasteiger partial charge in [-0.05, 0) is 25.2 Å². The number of hydrogen-bond acceptors (Lipinski definition) is 5. The molecular weight excluding hydrogens is 278 g/mol. The van der Waals surface area contributed by atoms with Crippen molar-refractivity contribution in [2.75, 3.05) is 26.5 Å². The Bertz CT molecular complexity index is 738. The molecule has 6 nitrogen and oxygen atoms in total. The largest absolute Gasteiger partial charge is 0.379 e. The summed E-state index contributed by atoms with van der Waals surface area (Å²) in [4.78, 5) is 8.06. The summed E-state index contributed by atoms with van der Waals surface area (Å²) in [5, 5.41) is 3.21. The second kappa shape index (κ2) is 4.83. The van der Waals surface area contributed by atoms with Crippen LogP contribution in [0.5, 0.6) is 0 Å². The van der Waals surface area contributed by atoms with Crippen LogP contribution in [0.3, 0.4) is 0 Å². The molecule has 3 rings (SSSR count). The number of H-pyrrole nitrogens is 1. The van der Waals surface area contributed by atoms with Crippen molar-refractivity contribution >= 4 is 20.9 Å². The van der Waals surface area contributed by atoms with E-state index in [4.69, 9.17) is 4.74 Å². The Labute approximate surface area is 117 Å². The molecule has 1 aliphatic rings. The van der Waals surface area contributed by atoms with Crippen LogP contribution in [0.1, 0.15) is 11.7 Å². The zero-order valence-corrected chi connectivity index (χ0v) is 12.2. The number of nitrogens with zero attached hydrogens (tertiary/aromatic N) is 1. The lowest BCUT2D eigenvalue weighted by molar-refractivity contribution is 0.188. The Kier molecular flexibility index (Phi) is 3.27. The average Bonchev–Trinajstić information content (AvgIpc) is 3.02. The van der Waals surface area contributed by atoms with Crippen molar-refractivity contribution in [2.24, 2.45) is 0 Å². The number of aromatic nitrogens is 2. The van der Waals surface area contributed by atoms with E-state index < -0.39 is 9.84 Å². The third kappa shape index (κ3) is 2.32. The summed E-state index contributed by atoms with van der Waals surface area (Å²) in [6, 6.07) is 5.18. The lowest BCUT2D eigenvalue weighted by Gasteiger charge is -2.13. The molecule has 1 fully saturated rings. The minimum absolute atomic E-state index is 0.161. The molecule has 1 aromatic carbocycles. The van der Waals surface area contributed by atoms with Gasteiger partial charge < -0.3 is 15.0 Å². The molecule has 2 unspecified atom stereocenters. The fraction of sp³-hybridized carbons (Fsp3) is 0.462. The van der Waals surface area contributed by atoms with E-state index in [0.717, 1.165) is 16.9 Å². The number of fused-ring (bicyclic) bond motifs is 1. The monoisotopic (exact) mass is 295 g/mol. The van der Waals surface area contributed by atoms with Gasteiger partial charge in [0.25, 0.3) is 0 Å². The second-order valence-corrected chi connectivity index (χ2v) is 7.13. The fourth-order valence-electron chi connectivity index (χ4n) is 2.52. The predicted molar refractivity (Wildman–Crippen MR) is 75.6 cm³/mol. The van der Waals surface area contributed by atoms with Crippen molar-refractivity contribution in [1.82, 2.24) is 15.3 Å². The molecule has 1 aliphatic heterocycles. The van der Waals surface area contributed by atoms with Crippen LogP contribution in [0.15, 0.2) is 23.1 Å². The highest BCUT2D eigenvalue weighted by Crippen LogP contribution is 2.26. The molecule has 2 heterocycles. The Morgan fingerprint density at radius 2 is 2.20 bits per heavy atom. The molecule has 0 amide bonds. The van der Waals surface area contributed by atoms with Gasteiger partial charge in [0.15, 0.2) is 9.84 Å². The van der Waals surface area contributed by atoms with Gasteiger partial charge in [-0.1, -0.05) is 0 Å². The molecule has 0 saturated carbocycles. The van der Waals surface area contributed by atoms with Gasteiger partial charge in [-0.3, -0.25) is 0 Å². The molecule has 2 atom stereocenters. The summed E-state index contributed by atoms with van der Waals surface area (Å²) in [7, 11) is -1.30. The molecule has 108 valence electrons. The maximum atomic E-state index is 11.6. The van der Waals surface area contributed by atoms with E-state index in [2.05, 4.69) is 15.3 Å². The minimum atomic E-state index is -3.20. The number of rotatable bonds is 3. The van der Waals surface area contributed by atoms with Gasteiger partial charge in [0.1, 0.15) is 5.82 Å². The molecule has 1 saturated heterocycles. The van der Waals surface area contributed by atoms with Crippen LogP contribution >= 0.6 is 0 Å². The number of aromatic amines is 1. The van der Waals surface area contributed by atoms with Crippen LogP contribution in [-0.4, -0.2) is 50.9 Å². The molecule has 0 bridgehead atoms.